The number of fused-ring (bicyclic) bond motifs is 1. The number of rotatable bonds is 4. The number of hydrogen-bond donors (Lipinski definition) is 1. The zero-order valence-electron chi connectivity index (χ0n) is 13.7. The van der Waals surface area contributed by atoms with Crippen LogP contribution in [0.3, 0.4) is 0 Å². The molecule has 0 aromatic heterocycles. The van der Waals surface area contributed by atoms with Gasteiger partial charge in [0.15, 0.2) is 0 Å². The molecule has 0 unspecified atom stereocenters. The Kier molecular flexibility index (Phi) is 5.14. The Bertz CT molecular complexity index is 506. The summed E-state index contributed by atoms with van der Waals surface area (Å²) in [7, 11) is 0. The van der Waals surface area contributed by atoms with E-state index in [1.807, 2.05) is 0 Å². The lowest BCUT2D eigenvalue weighted by Crippen LogP contribution is -2.37. The fourth-order valence-electron chi connectivity index (χ4n) is 3.99. The molecule has 1 amide bonds. The molecular formula is C19H28N2O. The Balaban J connectivity index is 1.40. The zero-order valence-corrected chi connectivity index (χ0v) is 13.7. The first-order valence-electron chi connectivity index (χ1n) is 8.77. The molecule has 1 aliphatic carbocycles. The first kappa shape index (κ1) is 15.5. The smallest absolute Gasteiger partial charge is 0.217 e. The molecule has 2 aliphatic rings. The summed E-state index contributed by atoms with van der Waals surface area (Å²) in [5, 5.41) is 3.07. The van der Waals surface area contributed by atoms with Crippen molar-refractivity contribution < 1.29 is 4.79 Å². The molecule has 0 saturated heterocycles. The molecule has 3 heteroatoms. The highest BCUT2D eigenvalue weighted by Crippen LogP contribution is 2.28. The highest BCUT2D eigenvalue weighted by atomic mass is 16.1. The van der Waals surface area contributed by atoms with Crippen molar-refractivity contribution in [2.24, 2.45) is 5.92 Å². The summed E-state index contributed by atoms with van der Waals surface area (Å²) in [5.41, 5.74) is 3.05. The predicted molar refractivity (Wildman–Crippen MR) is 89.6 cm³/mol. The van der Waals surface area contributed by atoms with Crippen molar-refractivity contribution in [3.63, 3.8) is 0 Å². The molecule has 1 aromatic rings. The number of carbonyl (C=O) groups excluding carboxylic acids is 1. The van der Waals surface area contributed by atoms with E-state index in [9.17, 15) is 4.79 Å². The molecule has 1 N–H and O–H groups in total. The van der Waals surface area contributed by atoms with Crippen LogP contribution in [0.1, 0.15) is 50.2 Å². The van der Waals surface area contributed by atoms with Gasteiger partial charge >= 0.3 is 0 Å². The molecule has 1 aromatic carbocycles. The lowest BCUT2D eigenvalue weighted by atomic mass is 9.84. The largest absolute Gasteiger partial charge is 0.354 e. The molecule has 120 valence electrons. The van der Waals surface area contributed by atoms with Crippen molar-refractivity contribution in [2.45, 2.75) is 58.0 Å². The first-order valence-corrected chi connectivity index (χ1v) is 8.77. The predicted octanol–water partition coefficient (Wildman–Crippen LogP) is 3.13. The number of carbonyl (C=O) groups is 1. The molecule has 0 spiro atoms. The van der Waals surface area contributed by atoms with Crippen LogP contribution in [0.15, 0.2) is 24.3 Å². The number of hydrogen-bond acceptors (Lipinski definition) is 2. The summed E-state index contributed by atoms with van der Waals surface area (Å²) in [6.45, 7) is 5.18. The average Bonchev–Trinajstić information content (AvgIpc) is 2.53. The molecule has 0 bridgehead atoms. The number of nitrogens with one attached hydrogen (secondary N) is 1. The van der Waals surface area contributed by atoms with Crippen LogP contribution in [0.25, 0.3) is 0 Å². The van der Waals surface area contributed by atoms with Crippen molar-refractivity contribution in [3.05, 3.63) is 35.4 Å². The van der Waals surface area contributed by atoms with Crippen LogP contribution in [0.2, 0.25) is 0 Å². The van der Waals surface area contributed by atoms with E-state index >= 15 is 0 Å². The second-order valence-corrected chi connectivity index (χ2v) is 7.00. The average molecular weight is 300 g/mol. The summed E-state index contributed by atoms with van der Waals surface area (Å²) in [5.74, 6) is 0.970. The third-order valence-corrected chi connectivity index (χ3v) is 5.32. The Morgan fingerprint density at radius 2 is 1.91 bits per heavy atom. The highest BCUT2D eigenvalue weighted by Gasteiger charge is 2.23. The molecule has 0 radical (unpaired) electrons. The van der Waals surface area contributed by atoms with Gasteiger partial charge in [0.2, 0.25) is 5.91 Å². The second-order valence-electron chi connectivity index (χ2n) is 7.00. The molecule has 1 aliphatic heterocycles. The summed E-state index contributed by atoms with van der Waals surface area (Å²) >= 11 is 0. The van der Waals surface area contributed by atoms with Crippen molar-refractivity contribution in [2.75, 3.05) is 13.1 Å². The van der Waals surface area contributed by atoms with Crippen LogP contribution in [0.4, 0.5) is 0 Å². The lowest BCUT2D eigenvalue weighted by Gasteiger charge is -2.32. The first-order chi connectivity index (χ1) is 10.7. The monoisotopic (exact) mass is 300 g/mol. The van der Waals surface area contributed by atoms with E-state index in [1.165, 1.54) is 49.9 Å². The maximum atomic E-state index is 11.1. The molecule has 1 saturated carbocycles. The summed E-state index contributed by atoms with van der Waals surface area (Å²) in [6.07, 6.45) is 7.38. The van der Waals surface area contributed by atoms with E-state index in [2.05, 4.69) is 34.5 Å². The fraction of sp³-hybridized carbons (Fsp3) is 0.632. The van der Waals surface area contributed by atoms with Gasteiger partial charge in [-0.2, -0.15) is 0 Å². The van der Waals surface area contributed by atoms with E-state index in [0.717, 1.165) is 25.3 Å². The van der Waals surface area contributed by atoms with Gasteiger partial charge in [0.1, 0.15) is 0 Å². The van der Waals surface area contributed by atoms with Crippen LogP contribution < -0.4 is 5.32 Å². The zero-order chi connectivity index (χ0) is 15.4. The number of benzene rings is 1. The Morgan fingerprint density at radius 3 is 2.64 bits per heavy atom. The van der Waals surface area contributed by atoms with E-state index < -0.39 is 0 Å². The van der Waals surface area contributed by atoms with Gasteiger partial charge in [-0.25, -0.2) is 0 Å². The van der Waals surface area contributed by atoms with Crippen LogP contribution in [-0.2, 0) is 17.8 Å². The number of nitrogens with zero attached hydrogens (tertiary/aromatic N) is 1. The van der Waals surface area contributed by atoms with Crippen molar-refractivity contribution in [1.29, 1.82) is 0 Å². The Morgan fingerprint density at radius 1 is 1.18 bits per heavy atom. The lowest BCUT2D eigenvalue weighted by molar-refractivity contribution is -0.119. The molecule has 22 heavy (non-hydrogen) atoms. The number of amides is 1. The summed E-state index contributed by atoms with van der Waals surface area (Å²) in [6, 6.07) is 9.29. The van der Waals surface area contributed by atoms with Gasteiger partial charge in [-0.15, -0.1) is 0 Å². The molecule has 3 nitrogen and oxygen atoms in total. The Hall–Kier alpha value is -1.35. The molecule has 1 fully saturated rings. The van der Waals surface area contributed by atoms with Gasteiger partial charge in [-0.05, 0) is 62.1 Å². The minimum Gasteiger partial charge on any atom is -0.354 e. The van der Waals surface area contributed by atoms with Gasteiger partial charge in [0, 0.05) is 26.1 Å². The maximum Gasteiger partial charge on any atom is 0.217 e. The van der Waals surface area contributed by atoms with Gasteiger partial charge < -0.3 is 5.32 Å². The van der Waals surface area contributed by atoms with E-state index in [0.29, 0.717) is 6.04 Å². The maximum absolute atomic E-state index is 11.1. The SMILES string of the molecule is CC(=O)NC1CCC(CCN2CCc3ccccc3C2)CC1. The summed E-state index contributed by atoms with van der Waals surface area (Å²) in [4.78, 5) is 13.7. The van der Waals surface area contributed by atoms with Crippen LogP contribution in [0, 0.1) is 5.92 Å². The fourth-order valence-corrected chi connectivity index (χ4v) is 3.99. The standard InChI is InChI=1S/C19H28N2O/c1-15(22)20-19-8-6-16(7-9-19)10-12-21-13-11-17-4-2-3-5-18(17)14-21/h2-5,16,19H,6-14H2,1H3,(H,20,22). The third kappa shape index (κ3) is 4.10. The van der Waals surface area contributed by atoms with Crippen LogP contribution in [-0.4, -0.2) is 29.9 Å². The van der Waals surface area contributed by atoms with Crippen LogP contribution in [0.5, 0.6) is 0 Å². The minimum absolute atomic E-state index is 0.121. The van der Waals surface area contributed by atoms with Gasteiger partial charge in [-0.3, -0.25) is 9.69 Å². The van der Waals surface area contributed by atoms with E-state index in [4.69, 9.17) is 0 Å². The minimum atomic E-state index is 0.121. The molecular weight excluding hydrogens is 272 g/mol. The molecule has 1 heterocycles. The second kappa shape index (κ2) is 7.28. The topological polar surface area (TPSA) is 32.3 Å². The highest BCUT2D eigenvalue weighted by molar-refractivity contribution is 5.73. The van der Waals surface area contributed by atoms with Gasteiger partial charge in [0.05, 0.1) is 0 Å². The Labute approximate surface area is 134 Å². The molecule has 3 rings (SSSR count). The van der Waals surface area contributed by atoms with Crippen LogP contribution >= 0.6 is 0 Å². The van der Waals surface area contributed by atoms with E-state index in [1.54, 1.807) is 6.92 Å². The van der Waals surface area contributed by atoms with Gasteiger partial charge in [0.25, 0.3) is 0 Å². The van der Waals surface area contributed by atoms with E-state index in [-0.39, 0.29) is 5.91 Å². The van der Waals surface area contributed by atoms with Crippen molar-refractivity contribution >= 4 is 5.91 Å². The quantitative estimate of drug-likeness (QED) is 0.926. The van der Waals surface area contributed by atoms with Crippen molar-refractivity contribution in [3.8, 4) is 0 Å². The van der Waals surface area contributed by atoms with Crippen molar-refractivity contribution in [1.82, 2.24) is 10.2 Å². The normalized spacial score (nSPS) is 25.5. The molecule has 0 atom stereocenters. The third-order valence-electron chi connectivity index (χ3n) is 5.32. The van der Waals surface area contributed by atoms with Gasteiger partial charge in [-0.1, -0.05) is 24.3 Å². The summed E-state index contributed by atoms with van der Waals surface area (Å²) < 4.78 is 0.